The lowest BCUT2D eigenvalue weighted by atomic mass is 9.95. The molecule has 0 heterocycles. The Balaban J connectivity index is 1.57. The fourth-order valence-electron chi connectivity index (χ4n) is 4.69. The second-order valence-corrected chi connectivity index (χ2v) is 11.4. The average molecular weight is 631 g/mol. The van der Waals surface area contributed by atoms with Gasteiger partial charge >= 0.3 is 15.6 Å². The van der Waals surface area contributed by atoms with Crippen LogP contribution in [-0.2, 0) is 10.1 Å². The van der Waals surface area contributed by atoms with Gasteiger partial charge in [-0.3, -0.25) is 0 Å². The van der Waals surface area contributed by atoms with Gasteiger partial charge in [0.2, 0.25) is 0 Å². The van der Waals surface area contributed by atoms with Crippen LogP contribution in [0.25, 0.3) is 49.4 Å². The van der Waals surface area contributed by atoms with Gasteiger partial charge in [-0.15, -0.1) is 0 Å². The van der Waals surface area contributed by atoms with Gasteiger partial charge in [0.05, 0.1) is 35.9 Å². The first-order valence-corrected chi connectivity index (χ1v) is 14.6. The molecular weight excluding hydrogens is 613 g/mol. The minimum absolute atomic E-state index is 0.285. The fraction of sp³-hybridized carbons (Fsp3) is 0.0286. The number of rotatable bonds is 6. The molecule has 0 aliphatic carbocycles. The Hall–Kier alpha value is -6.40. The third-order valence-corrected chi connectivity index (χ3v) is 7.85. The molecule has 0 N–H and O–H groups in total. The molecule has 0 radical (unpaired) electrons. The molecule has 0 saturated heterocycles. The van der Waals surface area contributed by atoms with Gasteiger partial charge < -0.3 is 4.18 Å². The number of benzene rings is 5. The van der Waals surface area contributed by atoms with Gasteiger partial charge in [0, 0.05) is 5.56 Å². The van der Waals surface area contributed by atoms with Crippen molar-refractivity contribution in [2.24, 2.45) is 0 Å². The number of alkyl halides is 3. The fourth-order valence-corrected chi connectivity index (χ4v) is 5.14. The van der Waals surface area contributed by atoms with E-state index in [1.165, 1.54) is 24.3 Å². The van der Waals surface area contributed by atoms with Gasteiger partial charge in [0.25, 0.3) is 0 Å². The molecule has 0 fully saturated rings. The van der Waals surface area contributed by atoms with Crippen molar-refractivity contribution in [2.75, 3.05) is 0 Å². The normalized spacial score (nSPS) is 11.0. The lowest BCUT2D eigenvalue weighted by molar-refractivity contribution is -0.0500. The lowest BCUT2D eigenvalue weighted by Crippen LogP contribution is -2.28. The van der Waals surface area contributed by atoms with Gasteiger partial charge in [-0.05, 0) is 99.1 Å². The topological polar surface area (TPSA) is 119 Å². The van der Waals surface area contributed by atoms with E-state index in [9.17, 15) is 37.4 Å². The summed E-state index contributed by atoms with van der Waals surface area (Å²) < 4.78 is 67.9. The minimum atomic E-state index is -5.96. The number of hydrogen-bond donors (Lipinski definition) is 0. The Morgan fingerprint density at radius 1 is 0.565 bits per heavy atom. The Morgan fingerprint density at radius 2 is 0.935 bits per heavy atom. The van der Waals surface area contributed by atoms with E-state index in [-0.39, 0.29) is 5.69 Å². The molecule has 0 aliphatic heterocycles. The smallest absolute Gasteiger partial charge is 0.376 e. The maximum absolute atomic E-state index is 13.2. The first kappa shape index (κ1) is 31.0. The average Bonchev–Trinajstić information content (AvgIpc) is 3.07. The molecule has 0 saturated carbocycles. The Bertz CT molecular complexity index is 2070. The molecule has 5 rings (SSSR count). The van der Waals surface area contributed by atoms with Crippen molar-refractivity contribution < 1.29 is 25.8 Å². The summed E-state index contributed by atoms with van der Waals surface area (Å²) in [5.41, 5.74) is -0.124. The van der Waals surface area contributed by atoms with Crippen molar-refractivity contribution >= 4 is 15.8 Å². The molecule has 0 aromatic heterocycles. The second kappa shape index (κ2) is 12.3. The zero-order chi connectivity index (χ0) is 33.1. The van der Waals surface area contributed by atoms with Crippen LogP contribution >= 0.6 is 0 Å². The third kappa shape index (κ3) is 6.56. The summed E-state index contributed by atoms with van der Waals surface area (Å²) in [5.74, 6) is -0.554. The Morgan fingerprint density at radius 3 is 1.30 bits per heavy atom. The van der Waals surface area contributed by atoms with Gasteiger partial charge in [-0.25, -0.2) is 4.85 Å². The lowest BCUT2D eigenvalue weighted by Gasteiger charge is -2.14. The van der Waals surface area contributed by atoms with E-state index in [0.29, 0.717) is 61.2 Å². The predicted octanol–water partition coefficient (Wildman–Crippen LogP) is 8.75. The maximum Gasteiger partial charge on any atom is 0.534 e. The SMILES string of the molecule is [C-]#[N+]c1cc(C#N)cc(-c2ccc(-c3cc(OS(=O)(=O)C(F)(F)F)cc(-c4ccc(-c5cc(C#N)cc(C#N)c5)cc4)c3)cc2)c1. The number of halogens is 3. The minimum Gasteiger partial charge on any atom is -0.376 e. The van der Waals surface area contributed by atoms with Crippen molar-refractivity contribution in [3.05, 3.63) is 131 Å². The zero-order valence-electron chi connectivity index (χ0n) is 23.4. The third-order valence-electron chi connectivity index (χ3n) is 6.87. The summed E-state index contributed by atoms with van der Waals surface area (Å²) in [6.07, 6.45) is 0. The quantitative estimate of drug-likeness (QED) is 0.105. The summed E-state index contributed by atoms with van der Waals surface area (Å²) >= 11 is 0. The highest BCUT2D eigenvalue weighted by atomic mass is 32.2. The molecule has 0 aliphatic rings. The number of nitrogens with zero attached hydrogens (tertiary/aromatic N) is 4. The highest BCUT2D eigenvalue weighted by Gasteiger charge is 2.48. The van der Waals surface area contributed by atoms with Crippen molar-refractivity contribution in [2.45, 2.75) is 5.51 Å². The second-order valence-electron chi connectivity index (χ2n) is 9.90. The highest BCUT2D eigenvalue weighted by Crippen LogP contribution is 2.36. The van der Waals surface area contributed by atoms with Crippen molar-refractivity contribution in [1.82, 2.24) is 0 Å². The van der Waals surface area contributed by atoms with Crippen LogP contribution in [0.15, 0.2) is 103 Å². The van der Waals surface area contributed by atoms with E-state index in [1.807, 2.05) is 18.2 Å². The van der Waals surface area contributed by atoms with Crippen LogP contribution in [0.3, 0.4) is 0 Å². The largest absolute Gasteiger partial charge is 0.534 e. The molecule has 0 amide bonds. The molecule has 0 atom stereocenters. The van der Waals surface area contributed by atoms with Gasteiger partial charge in [-0.1, -0.05) is 48.5 Å². The Kier molecular flexibility index (Phi) is 8.30. The van der Waals surface area contributed by atoms with Crippen LogP contribution in [0, 0.1) is 40.6 Å². The van der Waals surface area contributed by atoms with Crippen LogP contribution in [0.1, 0.15) is 16.7 Å². The van der Waals surface area contributed by atoms with E-state index in [4.69, 9.17) is 6.57 Å². The molecule has 0 bridgehead atoms. The summed E-state index contributed by atoms with van der Waals surface area (Å²) in [7, 11) is -5.96. The molecule has 0 unspecified atom stereocenters. The highest BCUT2D eigenvalue weighted by molar-refractivity contribution is 7.88. The monoisotopic (exact) mass is 630 g/mol. The van der Waals surface area contributed by atoms with Crippen molar-refractivity contribution in [1.29, 1.82) is 15.8 Å². The molecule has 11 heteroatoms. The van der Waals surface area contributed by atoms with Crippen LogP contribution < -0.4 is 4.18 Å². The predicted molar refractivity (Wildman–Crippen MR) is 164 cm³/mol. The van der Waals surface area contributed by atoms with E-state index in [1.54, 1.807) is 78.9 Å². The molecule has 46 heavy (non-hydrogen) atoms. The summed E-state index contributed by atoms with van der Waals surface area (Å²) in [6.45, 7) is 7.29. The summed E-state index contributed by atoms with van der Waals surface area (Å²) in [4.78, 5) is 3.39. The van der Waals surface area contributed by atoms with Crippen LogP contribution in [0.2, 0.25) is 0 Å². The van der Waals surface area contributed by atoms with Crippen LogP contribution in [-0.4, -0.2) is 13.9 Å². The molecule has 5 aromatic carbocycles. The first-order valence-electron chi connectivity index (χ1n) is 13.2. The maximum atomic E-state index is 13.2. The number of nitriles is 3. The Labute approximate surface area is 262 Å². The van der Waals surface area contributed by atoms with Crippen LogP contribution in [0.5, 0.6) is 5.75 Å². The standard InChI is InChI=1S/C35H17F3N4O3S/c1-42-33-14-24(21-41)13-30(16-33)26-4-8-28(9-5-26)32-15-31(17-34(18-32)45-46(43,44)35(36,37)38)27-6-2-25(3-7-27)29-11-22(19-39)10-23(12-29)20-40/h2-18H. The van der Waals surface area contributed by atoms with Gasteiger partial charge in [-0.2, -0.15) is 37.4 Å². The van der Waals surface area contributed by atoms with Gasteiger partial charge in [0.15, 0.2) is 5.69 Å². The summed E-state index contributed by atoms with van der Waals surface area (Å²) in [6, 6.07) is 33.0. The molecule has 0 spiro atoms. The number of hydrogen-bond acceptors (Lipinski definition) is 6. The molecule has 222 valence electrons. The molecule has 5 aromatic rings. The molecule has 7 nitrogen and oxygen atoms in total. The van der Waals surface area contributed by atoms with E-state index >= 15 is 0 Å². The van der Waals surface area contributed by atoms with Crippen molar-refractivity contribution in [3.63, 3.8) is 0 Å². The first-order chi connectivity index (χ1) is 21.9. The van der Waals surface area contributed by atoms with Crippen LogP contribution in [0.4, 0.5) is 18.9 Å². The zero-order valence-corrected chi connectivity index (χ0v) is 24.2. The molecular formula is C35H17F3N4O3S. The van der Waals surface area contributed by atoms with E-state index in [0.717, 1.165) is 0 Å². The van der Waals surface area contributed by atoms with Gasteiger partial charge in [0.1, 0.15) is 5.75 Å². The van der Waals surface area contributed by atoms with E-state index < -0.39 is 21.4 Å². The summed E-state index contributed by atoms with van der Waals surface area (Å²) in [5, 5.41) is 27.9. The van der Waals surface area contributed by atoms with Crippen molar-refractivity contribution in [3.8, 4) is 68.5 Å². The van der Waals surface area contributed by atoms with E-state index in [2.05, 4.69) is 9.03 Å².